The molecule has 0 amide bonds. The third kappa shape index (κ3) is 3.84. The van der Waals surface area contributed by atoms with Crippen molar-refractivity contribution in [2.45, 2.75) is 6.42 Å². The lowest BCUT2D eigenvalue weighted by Gasteiger charge is -1.69. The fourth-order valence-corrected chi connectivity index (χ4v) is 0.301. The largest absolute Gasteiger partial charge is 0.462 e. The summed E-state index contributed by atoms with van der Waals surface area (Å²) in [7, 11) is 0. The van der Waals surface area contributed by atoms with Gasteiger partial charge in [0, 0.05) is 11.8 Å². The molecule has 1 N–H and O–H groups in total. The number of aliphatic hydroxyl groups excluding tert-OH is 1. The van der Waals surface area contributed by atoms with Gasteiger partial charge in [-0.1, -0.05) is 21.9 Å². The van der Waals surface area contributed by atoms with Crippen LogP contribution >= 0.6 is 15.9 Å². The average Bonchev–Trinajstić information content (AvgIpc) is 1.61. The molecule has 0 aliphatic rings. The summed E-state index contributed by atoms with van der Waals surface area (Å²) in [5.41, 5.74) is 0. The van der Waals surface area contributed by atoms with Gasteiger partial charge in [-0.05, 0) is 0 Å². The van der Waals surface area contributed by atoms with E-state index in [9.17, 15) is 0 Å². The number of rotatable bonds is 1. The molecule has 0 aromatic heterocycles. The molecule has 0 heterocycles. The highest BCUT2D eigenvalue weighted by Gasteiger charge is 1.66. The van der Waals surface area contributed by atoms with Crippen LogP contribution in [-0.4, -0.2) is 10.4 Å². The van der Waals surface area contributed by atoms with E-state index < -0.39 is 0 Å². The molecule has 0 radical (unpaired) electrons. The first-order valence-corrected chi connectivity index (χ1v) is 2.72. The van der Waals surface area contributed by atoms with Gasteiger partial charge in [-0.2, -0.15) is 0 Å². The van der Waals surface area contributed by atoms with E-state index in [4.69, 9.17) is 5.11 Å². The highest BCUT2D eigenvalue weighted by atomic mass is 79.9. The van der Waals surface area contributed by atoms with E-state index in [1.807, 2.05) is 0 Å². The molecule has 34 valence electrons. The molecule has 0 aromatic rings. The Morgan fingerprint density at radius 3 is 2.50 bits per heavy atom. The quantitative estimate of drug-likeness (QED) is 0.437. The number of hydrogen-bond acceptors (Lipinski definition) is 1. The van der Waals surface area contributed by atoms with E-state index in [1.165, 1.54) is 0 Å². The van der Waals surface area contributed by atoms with Crippen molar-refractivity contribution < 1.29 is 5.11 Å². The second-order valence-corrected chi connectivity index (χ2v) is 1.52. The van der Waals surface area contributed by atoms with E-state index in [0.29, 0.717) is 0 Å². The minimum absolute atomic E-state index is 0.719. The van der Waals surface area contributed by atoms with Gasteiger partial charge >= 0.3 is 0 Å². The van der Waals surface area contributed by atoms with Crippen LogP contribution < -0.4 is 0 Å². The number of alkyl halides is 1. The molecule has 0 atom stereocenters. The summed E-state index contributed by atoms with van der Waals surface area (Å²) in [5, 5.41) is 8.65. The summed E-state index contributed by atoms with van der Waals surface area (Å²) in [6.45, 7) is 0. The molecule has 0 unspecified atom stereocenters. The smallest absolute Gasteiger partial charge is 0.107 e. The van der Waals surface area contributed by atoms with Crippen molar-refractivity contribution in [1.82, 2.24) is 0 Å². The van der Waals surface area contributed by atoms with Crippen LogP contribution in [0.5, 0.6) is 0 Å². The zero-order valence-corrected chi connectivity index (χ0v) is 4.83. The minimum atomic E-state index is 0.719. The molecular formula is C4H5BrO. The molecule has 0 aliphatic carbocycles. The second-order valence-electron chi connectivity index (χ2n) is 0.728. The van der Waals surface area contributed by atoms with Crippen molar-refractivity contribution >= 4 is 15.9 Å². The van der Waals surface area contributed by atoms with E-state index in [-0.39, 0.29) is 0 Å². The molecule has 0 saturated carbocycles. The van der Waals surface area contributed by atoms with Gasteiger partial charge < -0.3 is 5.11 Å². The first-order valence-electron chi connectivity index (χ1n) is 1.59. The monoisotopic (exact) mass is 148 g/mol. The Morgan fingerprint density at radius 2 is 2.33 bits per heavy atom. The third-order valence-corrected chi connectivity index (χ3v) is 0.695. The van der Waals surface area contributed by atoms with Gasteiger partial charge in [0.2, 0.25) is 0 Å². The molecule has 0 spiro atoms. The Hall–Kier alpha value is -0.160. The highest BCUT2D eigenvalue weighted by molar-refractivity contribution is 9.09. The van der Waals surface area contributed by atoms with Crippen LogP contribution in [0.1, 0.15) is 6.42 Å². The van der Waals surface area contributed by atoms with Crippen LogP contribution in [0.2, 0.25) is 0 Å². The number of halogens is 1. The van der Waals surface area contributed by atoms with E-state index in [0.717, 1.165) is 11.8 Å². The Balaban J connectivity index is 2.79. The molecule has 0 fully saturated rings. The maximum absolute atomic E-state index is 7.82. The standard InChI is InChI=1S/C4H5BrO/c5-3-1-2-4-6/h6H,1,3H2. The summed E-state index contributed by atoms with van der Waals surface area (Å²) in [6, 6.07) is 0. The van der Waals surface area contributed by atoms with Crippen LogP contribution in [0, 0.1) is 12.0 Å². The Kier molecular flexibility index (Phi) is 4.71. The van der Waals surface area contributed by atoms with Crippen LogP contribution in [0.4, 0.5) is 0 Å². The van der Waals surface area contributed by atoms with Crippen molar-refractivity contribution in [2.24, 2.45) is 0 Å². The van der Waals surface area contributed by atoms with E-state index in [1.54, 1.807) is 6.11 Å². The normalized spacial score (nSPS) is 6.17. The maximum Gasteiger partial charge on any atom is 0.107 e. The lowest BCUT2D eigenvalue weighted by Crippen LogP contribution is -1.63. The van der Waals surface area contributed by atoms with Crippen LogP contribution in [0.15, 0.2) is 0 Å². The summed E-state index contributed by atoms with van der Waals surface area (Å²) in [6.07, 6.45) is 2.51. The summed E-state index contributed by atoms with van der Waals surface area (Å²) in [4.78, 5) is 0. The molecule has 0 aliphatic heterocycles. The summed E-state index contributed by atoms with van der Waals surface area (Å²) >= 11 is 3.14. The van der Waals surface area contributed by atoms with Crippen LogP contribution in [-0.2, 0) is 0 Å². The van der Waals surface area contributed by atoms with Crippen molar-refractivity contribution in [1.29, 1.82) is 0 Å². The Bertz CT molecular complexity index is 69.4. The van der Waals surface area contributed by atoms with Gasteiger partial charge in [0.15, 0.2) is 0 Å². The summed E-state index contributed by atoms with van der Waals surface area (Å²) in [5.74, 6) is 2.46. The van der Waals surface area contributed by atoms with Crippen molar-refractivity contribution in [3.05, 3.63) is 0 Å². The van der Waals surface area contributed by atoms with Gasteiger partial charge in [0.1, 0.15) is 6.11 Å². The first kappa shape index (κ1) is 5.84. The van der Waals surface area contributed by atoms with E-state index >= 15 is 0 Å². The molecule has 0 bridgehead atoms. The SMILES string of the molecule is OC#CCCBr. The van der Waals surface area contributed by atoms with Crippen LogP contribution in [0.3, 0.4) is 0 Å². The predicted molar refractivity (Wildman–Crippen MR) is 28.1 cm³/mol. The van der Waals surface area contributed by atoms with Gasteiger partial charge in [0.05, 0.1) is 0 Å². The molecule has 0 rings (SSSR count). The lowest BCUT2D eigenvalue weighted by atomic mass is 10.5. The van der Waals surface area contributed by atoms with Gasteiger partial charge in [-0.15, -0.1) is 0 Å². The predicted octanol–water partition coefficient (Wildman–Crippen LogP) is 1.10. The molecular weight excluding hydrogens is 144 g/mol. The van der Waals surface area contributed by atoms with Crippen molar-refractivity contribution in [3.8, 4) is 12.0 Å². The number of aliphatic hydroxyl groups is 1. The van der Waals surface area contributed by atoms with Crippen molar-refractivity contribution in [2.75, 3.05) is 5.33 Å². The zero-order chi connectivity index (χ0) is 4.83. The van der Waals surface area contributed by atoms with Gasteiger partial charge in [0.25, 0.3) is 0 Å². The van der Waals surface area contributed by atoms with E-state index in [2.05, 4.69) is 21.9 Å². The molecule has 0 aromatic carbocycles. The van der Waals surface area contributed by atoms with Gasteiger partial charge in [-0.25, -0.2) is 0 Å². The fourth-order valence-electron chi connectivity index (χ4n) is 0.103. The lowest BCUT2D eigenvalue weighted by molar-refractivity contribution is 0.516. The van der Waals surface area contributed by atoms with Crippen LogP contribution in [0.25, 0.3) is 0 Å². The Morgan fingerprint density at radius 1 is 1.67 bits per heavy atom. The number of hydrogen-bond donors (Lipinski definition) is 1. The zero-order valence-electron chi connectivity index (χ0n) is 3.24. The molecule has 2 heteroatoms. The summed E-state index contributed by atoms with van der Waals surface area (Å²) < 4.78 is 0. The van der Waals surface area contributed by atoms with Gasteiger partial charge in [-0.3, -0.25) is 0 Å². The third-order valence-electron chi connectivity index (χ3n) is 0.299. The van der Waals surface area contributed by atoms with Crippen molar-refractivity contribution in [3.63, 3.8) is 0 Å². The fraction of sp³-hybridized carbons (Fsp3) is 0.500. The topological polar surface area (TPSA) is 20.2 Å². The Labute approximate surface area is 45.5 Å². The molecule has 6 heavy (non-hydrogen) atoms. The minimum Gasteiger partial charge on any atom is -0.462 e. The average molecular weight is 149 g/mol. The first-order chi connectivity index (χ1) is 2.91. The second kappa shape index (κ2) is 4.84. The molecule has 1 nitrogen and oxygen atoms in total. The molecule has 0 saturated heterocycles. The highest BCUT2D eigenvalue weighted by Crippen LogP contribution is 1.81. The maximum atomic E-state index is 7.82.